The number of carbonyl (C=O) groups is 1. The molecule has 0 spiro atoms. The molecule has 3 atom stereocenters. The molecule has 1 aliphatic heterocycles. The SMILES string of the molecule is CC[C@H](CCCN=[N+]=[N-])[C@H]1O[C@@H]1C=O. The van der Waals surface area contributed by atoms with Gasteiger partial charge in [0.2, 0.25) is 0 Å². The topological polar surface area (TPSA) is 78.4 Å². The minimum absolute atomic E-state index is 0.114. The summed E-state index contributed by atoms with van der Waals surface area (Å²) in [5.74, 6) is 0.430. The van der Waals surface area contributed by atoms with Crippen molar-refractivity contribution < 1.29 is 9.53 Å². The van der Waals surface area contributed by atoms with Gasteiger partial charge in [-0.1, -0.05) is 18.5 Å². The largest absolute Gasteiger partial charge is 0.361 e. The molecule has 1 heterocycles. The molecule has 78 valence electrons. The van der Waals surface area contributed by atoms with E-state index in [0.29, 0.717) is 12.5 Å². The zero-order chi connectivity index (χ0) is 10.4. The van der Waals surface area contributed by atoms with Crippen LogP contribution >= 0.6 is 0 Å². The number of ether oxygens (including phenoxy) is 1. The lowest BCUT2D eigenvalue weighted by molar-refractivity contribution is -0.108. The van der Waals surface area contributed by atoms with Crippen molar-refractivity contribution in [2.75, 3.05) is 6.54 Å². The highest BCUT2D eigenvalue weighted by molar-refractivity contribution is 5.60. The first-order valence-electron chi connectivity index (χ1n) is 4.95. The number of hydrogen-bond acceptors (Lipinski definition) is 3. The van der Waals surface area contributed by atoms with Gasteiger partial charge in [-0.25, -0.2) is 0 Å². The van der Waals surface area contributed by atoms with Crippen LogP contribution in [0.2, 0.25) is 0 Å². The Bertz CT molecular complexity index is 238. The monoisotopic (exact) mass is 197 g/mol. The molecule has 1 rings (SSSR count). The van der Waals surface area contributed by atoms with E-state index < -0.39 is 0 Å². The van der Waals surface area contributed by atoms with Gasteiger partial charge in [0.1, 0.15) is 6.10 Å². The van der Waals surface area contributed by atoms with Crippen molar-refractivity contribution in [3.05, 3.63) is 10.4 Å². The average Bonchev–Trinajstić information content (AvgIpc) is 2.97. The molecule has 0 amide bonds. The summed E-state index contributed by atoms with van der Waals surface area (Å²) in [4.78, 5) is 13.1. The summed E-state index contributed by atoms with van der Waals surface area (Å²) in [6, 6.07) is 0. The zero-order valence-electron chi connectivity index (χ0n) is 8.30. The molecule has 14 heavy (non-hydrogen) atoms. The maximum Gasteiger partial charge on any atom is 0.151 e. The third-order valence-electron chi connectivity index (χ3n) is 2.58. The predicted molar refractivity (Wildman–Crippen MR) is 51.8 cm³/mol. The van der Waals surface area contributed by atoms with Crippen LogP contribution in [0.1, 0.15) is 26.2 Å². The van der Waals surface area contributed by atoms with Gasteiger partial charge >= 0.3 is 0 Å². The van der Waals surface area contributed by atoms with Crippen molar-refractivity contribution in [3.8, 4) is 0 Å². The van der Waals surface area contributed by atoms with E-state index in [9.17, 15) is 4.79 Å². The van der Waals surface area contributed by atoms with E-state index in [1.165, 1.54) is 0 Å². The lowest BCUT2D eigenvalue weighted by Crippen LogP contribution is -2.11. The lowest BCUT2D eigenvalue weighted by atomic mass is 9.95. The quantitative estimate of drug-likeness (QED) is 0.156. The van der Waals surface area contributed by atoms with Crippen LogP contribution in [0.25, 0.3) is 10.4 Å². The van der Waals surface area contributed by atoms with Crippen molar-refractivity contribution in [1.82, 2.24) is 0 Å². The van der Waals surface area contributed by atoms with Gasteiger partial charge in [-0.05, 0) is 24.3 Å². The number of nitrogens with zero attached hydrogens (tertiary/aromatic N) is 3. The number of hydrogen-bond donors (Lipinski definition) is 0. The highest BCUT2D eigenvalue weighted by Crippen LogP contribution is 2.32. The Kier molecular flexibility index (Phi) is 4.43. The first-order chi connectivity index (χ1) is 6.83. The number of epoxide rings is 1. The summed E-state index contributed by atoms with van der Waals surface area (Å²) < 4.78 is 5.20. The third-order valence-corrected chi connectivity index (χ3v) is 2.58. The molecule has 1 saturated heterocycles. The second-order valence-electron chi connectivity index (χ2n) is 3.47. The zero-order valence-corrected chi connectivity index (χ0v) is 8.30. The molecule has 0 N–H and O–H groups in total. The smallest absolute Gasteiger partial charge is 0.151 e. The van der Waals surface area contributed by atoms with Crippen LogP contribution in [0.5, 0.6) is 0 Å². The van der Waals surface area contributed by atoms with Crippen LogP contribution in [0.4, 0.5) is 0 Å². The van der Waals surface area contributed by atoms with Gasteiger partial charge in [0.15, 0.2) is 6.29 Å². The van der Waals surface area contributed by atoms with E-state index in [-0.39, 0.29) is 12.2 Å². The first kappa shape index (κ1) is 11.0. The summed E-state index contributed by atoms with van der Waals surface area (Å²) >= 11 is 0. The highest BCUT2D eigenvalue weighted by atomic mass is 16.6. The summed E-state index contributed by atoms with van der Waals surface area (Å²) in [5.41, 5.74) is 8.08. The van der Waals surface area contributed by atoms with Crippen molar-refractivity contribution >= 4 is 6.29 Å². The average molecular weight is 197 g/mol. The van der Waals surface area contributed by atoms with E-state index in [1.807, 2.05) is 0 Å². The lowest BCUT2D eigenvalue weighted by Gasteiger charge is -2.09. The Morgan fingerprint density at radius 1 is 1.71 bits per heavy atom. The van der Waals surface area contributed by atoms with Gasteiger partial charge in [-0.2, -0.15) is 0 Å². The normalized spacial score (nSPS) is 26.4. The number of carbonyl (C=O) groups excluding carboxylic acids is 1. The first-order valence-corrected chi connectivity index (χ1v) is 4.95. The van der Waals surface area contributed by atoms with Gasteiger partial charge in [-0.15, -0.1) is 0 Å². The van der Waals surface area contributed by atoms with E-state index in [4.69, 9.17) is 10.3 Å². The van der Waals surface area contributed by atoms with Crippen molar-refractivity contribution in [2.45, 2.75) is 38.4 Å². The van der Waals surface area contributed by atoms with Crippen molar-refractivity contribution in [2.24, 2.45) is 11.0 Å². The summed E-state index contributed by atoms with van der Waals surface area (Å²) in [7, 11) is 0. The predicted octanol–water partition coefficient (Wildman–Crippen LogP) is 2.07. The molecule has 0 aromatic rings. The molecule has 0 aliphatic carbocycles. The molecule has 0 aromatic heterocycles. The fourth-order valence-electron chi connectivity index (χ4n) is 1.69. The number of rotatable bonds is 7. The van der Waals surface area contributed by atoms with Crippen LogP contribution < -0.4 is 0 Å². The minimum Gasteiger partial charge on any atom is -0.361 e. The maximum atomic E-state index is 10.4. The molecule has 5 heteroatoms. The van der Waals surface area contributed by atoms with Gasteiger partial charge in [0.05, 0.1) is 6.10 Å². The van der Waals surface area contributed by atoms with E-state index in [2.05, 4.69) is 16.9 Å². The summed E-state index contributed by atoms with van der Waals surface area (Å²) in [6.07, 6.45) is 3.63. The second kappa shape index (κ2) is 5.62. The molecule has 5 nitrogen and oxygen atoms in total. The van der Waals surface area contributed by atoms with Crippen LogP contribution in [0.3, 0.4) is 0 Å². The van der Waals surface area contributed by atoms with Crippen LogP contribution in [-0.4, -0.2) is 25.0 Å². The minimum atomic E-state index is -0.181. The maximum absolute atomic E-state index is 10.4. The molecule has 0 aromatic carbocycles. The summed E-state index contributed by atoms with van der Waals surface area (Å²) in [6.45, 7) is 2.62. The molecule has 0 saturated carbocycles. The van der Waals surface area contributed by atoms with Crippen LogP contribution in [-0.2, 0) is 9.53 Å². The highest BCUT2D eigenvalue weighted by Gasteiger charge is 2.43. The van der Waals surface area contributed by atoms with Crippen LogP contribution in [0, 0.1) is 5.92 Å². The molecule has 1 fully saturated rings. The Morgan fingerprint density at radius 2 is 2.50 bits per heavy atom. The Morgan fingerprint density at radius 3 is 3.00 bits per heavy atom. The van der Waals surface area contributed by atoms with E-state index >= 15 is 0 Å². The molecular formula is C9H15N3O2. The van der Waals surface area contributed by atoms with Gasteiger partial charge in [0, 0.05) is 11.5 Å². The van der Waals surface area contributed by atoms with E-state index in [1.54, 1.807) is 0 Å². The number of azide groups is 1. The fourth-order valence-corrected chi connectivity index (χ4v) is 1.69. The Hall–Kier alpha value is -1.06. The van der Waals surface area contributed by atoms with Gasteiger partial charge in [0.25, 0.3) is 0 Å². The van der Waals surface area contributed by atoms with Crippen molar-refractivity contribution in [3.63, 3.8) is 0 Å². The molecular weight excluding hydrogens is 182 g/mol. The molecule has 0 unspecified atom stereocenters. The standard InChI is InChI=1S/C9H15N3O2/c1-2-7(4-3-5-11-12-10)9-8(6-13)14-9/h6-9H,2-5H2,1H3/t7-,8-,9-/m1/s1. The summed E-state index contributed by atoms with van der Waals surface area (Å²) in [5, 5.41) is 3.47. The Labute approximate surface area is 83.1 Å². The van der Waals surface area contributed by atoms with Gasteiger partial charge < -0.3 is 9.53 Å². The van der Waals surface area contributed by atoms with E-state index in [0.717, 1.165) is 25.5 Å². The Balaban J connectivity index is 2.19. The van der Waals surface area contributed by atoms with Crippen LogP contribution in [0.15, 0.2) is 5.11 Å². The molecule has 1 aliphatic rings. The third kappa shape index (κ3) is 3.01. The number of aldehydes is 1. The molecule has 0 bridgehead atoms. The second-order valence-corrected chi connectivity index (χ2v) is 3.47. The fraction of sp³-hybridized carbons (Fsp3) is 0.889. The molecule has 0 radical (unpaired) electrons. The van der Waals surface area contributed by atoms with Gasteiger partial charge in [-0.3, -0.25) is 0 Å². The van der Waals surface area contributed by atoms with Crippen molar-refractivity contribution in [1.29, 1.82) is 0 Å².